The summed E-state index contributed by atoms with van der Waals surface area (Å²) in [6, 6.07) is 0. The molecule has 3 N–H and O–H groups in total. The fourth-order valence-electron chi connectivity index (χ4n) is 2.94. The molecule has 105 valence electrons. The van der Waals surface area contributed by atoms with Gasteiger partial charge >= 0.3 is 0 Å². The van der Waals surface area contributed by atoms with Crippen molar-refractivity contribution >= 4 is 5.78 Å². The van der Waals surface area contributed by atoms with Crippen molar-refractivity contribution in [2.24, 2.45) is 11.8 Å². The van der Waals surface area contributed by atoms with Crippen LogP contribution in [0, 0.1) is 5.92 Å². The van der Waals surface area contributed by atoms with Gasteiger partial charge in [0, 0.05) is 35.5 Å². The molecule has 1 atom stereocenters. The van der Waals surface area contributed by atoms with Crippen LogP contribution >= 0.6 is 0 Å². The number of hydrogen-bond donors (Lipinski definition) is 2. The van der Waals surface area contributed by atoms with Gasteiger partial charge in [-0.3, -0.25) is 10.6 Å². The number of aromatic nitrogens is 2. The summed E-state index contributed by atoms with van der Waals surface area (Å²) in [6.07, 6.45) is 5.03. The molecule has 3 radical (unpaired) electrons. The molecule has 0 spiro atoms. The summed E-state index contributed by atoms with van der Waals surface area (Å²) in [4.78, 5) is 19.4. The lowest BCUT2D eigenvalue weighted by Crippen LogP contribution is -2.66. The first-order chi connectivity index (χ1) is 8.27. The van der Waals surface area contributed by atoms with E-state index in [0.717, 1.165) is 12.8 Å². The first kappa shape index (κ1) is 15.8. The second kappa shape index (κ2) is 5.03. The molecule has 2 heterocycles. The Kier molecular flexibility index (Phi) is 4.19. The molecule has 1 unspecified atom stereocenters. The van der Waals surface area contributed by atoms with E-state index in [1.165, 1.54) is 0 Å². The highest BCUT2D eigenvalue weighted by atomic mass is 16.1. The maximum absolute atomic E-state index is 12.5. The third kappa shape index (κ3) is 2.56. The molecular weight excluding hydrogens is 242 g/mol. The third-order valence-corrected chi connectivity index (χ3v) is 4.22. The highest BCUT2D eigenvalue weighted by Gasteiger charge is 2.49. The van der Waals surface area contributed by atoms with E-state index in [1.54, 1.807) is 12.4 Å². The summed E-state index contributed by atoms with van der Waals surface area (Å²) >= 11 is 0. The molecule has 0 aliphatic carbocycles. The Hall–Kier alpha value is -1.24. The number of ketones is 1. The molecule has 19 heavy (non-hydrogen) atoms. The van der Waals surface area contributed by atoms with E-state index in [9.17, 15) is 4.79 Å². The second-order valence-corrected chi connectivity index (χ2v) is 6.23. The summed E-state index contributed by atoms with van der Waals surface area (Å²) in [7, 11) is 0. The van der Waals surface area contributed by atoms with Crippen LogP contribution in [0.3, 0.4) is 0 Å². The zero-order chi connectivity index (χ0) is 13.6. The van der Waals surface area contributed by atoms with Crippen LogP contribution in [0.2, 0.25) is 0 Å². The van der Waals surface area contributed by atoms with Gasteiger partial charge in [-0.15, -0.1) is 0 Å². The Morgan fingerprint density at radius 3 is 2.63 bits per heavy atom. The summed E-state index contributed by atoms with van der Waals surface area (Å²) in [5, 5.41) is 1.83. The highest BCUT2D eigenvalue weighted by Crippen LogP contribution is 2.40. The first-order valence-electron chi connectivity index (χ1n) is 6.35. The van der Waals surface area contributed by atoms with Gasteiger partial charge in [0.15, 0.2) is 5.82 Å². The third-order valence-electron chi connectivity index (χ3n) is 4.22. The topological polar surface area (TPSA) is 106 Å². The van der Waals surface area contributed by atoms with Crippen molar-refractivity contribution in [1.29, 1.82) is 0 Å². The summed E-state index contributed by atoms with van der Waals surface area (Å²) in [6.45, 7) is 8.28. The number of H-pyrrole nitrogens is 1. The minimum atomic E-state index is -0.369. The fraction of sp³-hybridized carbons (Fsp3) is 0.692. The van der Waals surface area contributed by atoms with E-state index >= 15 is 0 Å². The van der Waals surface area contributed by atoms with Gasteiger partial charge in [-0.25, -0.2) is 9.99 Å². The monoisotopic (exact) mass is 264 g/mol. The van der Waals surface area contributed by atoms with E-state index in [2.05, 4.69) is 23.8 Å². The van der Waals surface area contributed by atoms with Crippen LogP contribution in [-0.4, -0.2) is 31.8 Å². The van der Waals surface area contributed by atoms with Gasteiger partial charge in [0.05, 0.1) is 0 Å². The van der Waals surface area contributed by atoms with E-state index in [-0.39, 0.29) is 28.9 Å². The predicted molar refractivity (Wildman–Crippen MR) is 72.0 cm³/mol. The lowest BCUT2D eigenvalue weighted by atomic mass is 9.71. The van der Waals surface area contributed by atoms with Gasteiger partial charge < -0.3 is 4.98 Å². The van der Waals surface area contributed by atoms with Crippen LogP contribution in [-0.2, 0) is 0 Å². The zero-order valence-electron chi connectivity index (χ0n) is 12.0. The SMILES string of the molecule is CC1(C)CCC(C(=O)c2ncc[nH]2)C(C)(C)N1N.[N]. The number of nitrogens with one attached hydrogen (secondary N) is 1. The molecule has 1 saturated heterocycles. The van der Waals surface area contributed by atoms with Crippen LogP contribution in [0.25, 0.3) is 0 Å². The molecule has 0 amide bonds. The molecule has 2 rings (SSSR count). The Labute approximate surface area is 114 Å². The van der Waals surface area contributed by atoms with Crippen molar-refractivity contribution in [3.05, 3.63) is 18.2 Å². The van der Waals surface area contributed by atoms with Gasteiger partial charge in [-0.2, -0.15) is 0 Å². The van der Waals surface area contributed by atoms with Crippen LogP contribution in [0.1, 0.15) is 51.2 Å². The van der Waals surface area contributed by atoms with Crippen molar-refractivity contribution in [2.45, 2.75) is 51.6 Å². The molecule has 0 aromatic carbocycles. The lowest BCUT2D eigenvalue weighted by molar-refractivity contribution is -0.0565. The molecule has 1 aliphatic rings. The van der Waals surface area contributed by atoms with Gasteiger partial charge in [0.25, 0.3) is 0 Å². The molecule has 1 fully saturated rings. The standard InChI is InChI=1S/C13H22N4O.N/c1-12(2)6-5-9(13(3,4)17(12)14)10(18)11-15-7-8-16-11;/h7-9H,5-6,14H2,1-4H3,(H,15,16);. The minimum Gasteiger partial charge on any atom is -0.342 e. The smallest absolute Gasteiger partial charge is 0.202 e. The van der Waals surface area contributed by atoms with Crippen molar-refractivity contribution in [3.8, 4) is 0 Å². The number of nitrogens with zero attached hydrogens (tertiary/aromatic N) is 3. The predicted octanol–water partition coefficient (Wildman–Crippen LogP) is 1.25. The number of carbonyl (C=O) groups excluding carboxylic acids is 1. The number of imidazole rings is 1. The van der Waals surface area contributed by atoms with E-state index < -0.39 is 0 Å². The summed E-state index contributed by atoms with van der Waals surface area (Å²) in [5.41, 5.74) is -0.449. The lowest BCUT2D eigenvalue weighted by Gasteiger charge is -2.53. The number of Topliss-reactive ketones (excluding diaryl/α,β-unsaturated/α-hetero) is 1. The van der Waals surface area contributed by atoms with Crippen molar-refractivity contribution in [1.82, 2.24) is 21.1 Å². The molecule has 0 saturated carbocycles. The van der Waals surface area contributed by atoms with Gasteiger partial charge in [-0.05, 0) is 40.5 Å². The van der Waals surface area contributed by atoms with Crippen LogP contribution in [0.5, 0.6) is 0 Å². The molecular formula is C13H22N5O. The molecule has 6 nitrogen and oxygen atoms in total. The van der Waals surface area contributed by atoms with Crippen molar-refractivity contribution < 1.29 is 4.79 Å². The number of aromatic amines is 1. The Balaban J connectivity index is 0.00000180. The minimum absolute atomic E-state index is 0. The van der Waals surface area contributed by atoms with Crippen LogP contribution < -0.4 is 12.0 Å². The quantitative estimate of drug-likeness (QED) is 0.619. The van der Waals surface area contributed by atoms with Gasteiger partial charge in [0.2, 0.25) is 5.78 Å². The van der Waals surface area contributed by atoms with Gasteiger partial charge in [-0.1, -0.05) is 0 Å². The maximum Gasteiger partial charge on any atom is 0.202 e. The normalized spacial score (nSPS) is 25.6. The Morgan fingerprint density at radius 2 is 2.11 bits per heavy atom. The Bertz CT molecular complexity index is 438. The zero-order valence-corrected chi connectivity index (χ0v) is 12.0. The van der Waals surface area contributed by atoms with Crippen molar-refractivity contribution in [3.63, 3.8) is 0 Å². The number of piperidine rings is 1. The molecule has 0 bridgehead atoms. The summed E-state index contributed by atoms with van der Waals surface area (Å²) < 4.78 is 0. The van der Waals surface area contributed by atoms with Gasteiger partial charge in [0.1, 0.15) is 0 Å². The first-order valence-corrected chi connectivity index (χ1v) is 6.35. The molecule has 1 aliphatic heterocycles. The van der Waals surface area contributed by atoms with E-state index in [1.807, 2.05) is 18.9 Å². The van der Waals surface area contributed by atoms with Crippen molar-refractivity contribution in [2.75, 3.05) is 0 Å². The largest absolute Gasteiger partial charge is 0.342 e. The average Bonchev–Trinajstić information content (AvgIpc) is 2.79. The Morgan fingerprint density at radius 1 is 1.47 bits per heavy atom. The number of nitrogens with two attached hydrogens (primary N) is 1. The molecule has 1 aromatic rings. The number of carbonyl (C=O) groups is 1. The van der Waals surface area contributed by atoms with E-state index in [4.69, 9.17) is 5.84 Å². The fourth-order valence-corrected chi connectivity index (χ4v) is 2.94. The second-order valence-electron chi connectivity index (χ2n) is 6.23. The van der Waals surface area contributed by atoms with Crippen LogP contribution in [0.4, 0.5) is 0 Å². The van der Waals surface area contributed by atoms with Crippen LogP contribution in [0.15, 0.2) is 12.4 Å². The number of rotatable bonds is 2. The number of hydrogen-bond acceptors (Lipinski definition) is 4. The molecule has 1 aromatic heterocycles. The number of hydrazine groups is 1. The highest BCUT2D eigenvalue weighted by molar-refractivity contribution is 5.95. The molecule has 6 heteroatoms. The summed E-state index contributed by atoms with van der Waals surface area (Å²) in [5.74, 6) is 6.58. The average molecular weight is 264 g/mol. The maximum atomic E-state index is 12.5. The van der Waals surface area contributed by atoms with E-state index in [0.29, 0.717) is 5.82 Å².